The van der Waals surface area contributed by atoms with E-state index in [0.717, 1.165) is 24.0 Å². The highest BCUT2D eigenvalue weighted by atomic mass is 35.5. The van der Waals surface area contributed by atoms with Gasteiger partial charge in [0.15, 0.2) is 5.03 Å². The molecule has 0 bridgehead atoms. The number of pyridine rings is 1. The van der Waals surface area contributed by atoms with E-state index >= 15 is 0 Å². The van der Waals surface area contributed by atoms with Gasteiger partial charge in [-0.25, -0.2) is 4.98 Å². The molecule has 1 aromatic carbocycles. The van der Waals surface area contributed by atoms with Crippen LogP contribution in [-0.4, -0.2) is 13.4 Å². The van der Waals surface area contributed by atoms with Gasteiger partial charge < -0.3 is 0 Å². The Bertz CT molecular complexity index is 666. The van der Waals surface area contributed by atoms with Crippen LogP contribution in [0.25, 0.3) is 0 Å². The van der Waals surface area contributed by atoms with Gasteiger partial charge in [0, 0.05) is 6.20 Å². The number of aromatic nitrogens is 1. The van der Waals surface area contributed by atoms with Crippen molar-refractivity contribution in [1.82, 2.24) is 4.98 Å². The second-order valence-electron chi connectivity index (χ2n) is 4.43. The number of para-hydroxylation sites is 1. The molecule has 1 aromatic heterocycles. The van der Waals surface area contributed by atoms with Gasteiger partial charge in [-0.05, 0) is 36.1 Å². The number of anilines is 1. The first-order valence-corrected chi connectivity index (χ1v) is 8.11. The Morgan fingerprint density at radius 1 is 1.00 bits per heavy atom. The second kappa shape index (κ2) is 7.43. The minimum atomic E-state index is -3.64. The van der Waals surface area contributed by atoms with E-state index < -0.39 is 10.0 Å². The summed E-state index contributed by atoms with van der Waals surface area (Å²) in [5, 5.41) is 0.0351. The second-order valence-corrected chi connectivity index (χ2v) is 6.06. The number of nitrogens with zero attached hydrogens (tertiary/aromatic N) is 1. The van der Waals surface area contributed by atoms with E-state index in [2.05, 4.69) is 9.71 Å². The van der Waals surface area contributed by atoms with Gasteiger partial charge in [0.2, 0.25) is 0 Å². The Morgan fingerprint density at radius 2 is 1.62 bits per heavy atom. The van der Waals surface area contributed by atoms with Gasteiger partial charge in [-0.1, -0.05) is 38.1 Å². The Balaban J connectivity index is 0.00000220. The predicted molar refractivity (Wildman–Crippen MR) is 87.5 cm³/mol. The standard InChI is InChI=1S/C15H18N2O2S.ClH/c1-3-12-8-7-9-13(4-2)15(12)17-20(18,19)14-10-5-6-11-16-14;/h5-11,17H,3-4H2,1-2H3;1H. The van der Waals surface area contributed by atoms with Gasteiger partial charge in [0.1, 0.15) is 0 Å². The summed E-state index contributed by atoms with van der Waals surface area (Å²) in [6.45, 7) is 4.01. The Hall–Kier alpha value is -1.59. The van der Waals surface area contributed by atoms with Crippen molar-refractivity contribution in [2.24, 2.45) is 0 Å². The lowest BCUT2D eigenvalue weighted by atomic mass is 10.0. The van der Waals surface area contributed by atoms with Crippen LogP contribution in [0.1, 0.15) is 25.0 Å². The van der Waals surface area contributed by atoms with Crippen LogP contribution in [0.3, 0.4) is 0 Å². The van der Waals surface area contributed by atoms with Crippen molar-refractivity contribution in [2.75, 3.05) is 4.72 Å². The highest BCUT2D eigenvalue weighted by Gasteiger charge is 2.18. The van der Waals surface area contributed by atoms with Crippen molar-refractivity contribution in [3.05, 3.63) is 53.7 Å². The average Bonchev–Trinajstić information content (AvgIpc) is 2.48. The molecule has 0 radical (unpaired) electrons. The molecule has 0 spiro atoms. The highest BCUT2D eigenvalue weighted by molar-refractivity contribution is 7.92. The molecule has 0 saturated heterocycles. The summed E-state index contributed by atoms with van der Waals surface area (Å²) >= 11 is 0. The van der Waals surface area contributed by atoms with Crippen molar-refractivity contribution in [2.45, 2.75) is 31.7 Å². The van der Waals surface area contributed by atoms with Crippen LogP contribution in [0.2, 0.25) is 0 Å². The predicted octanol–water partition coefficient (Wildman–Crippen LogP) is 3.43. The summed E-state index contributed by atoms with van der Waals surface area (Å²) in [4.78, 5) is 3.91. The van der Waals surface area contributed by atoms with Crippen molar-refractivity contribution in [3.63, 3.8) is 0 Å². The van der Waals surface area contributed by atoms with Crippen molar-refractivity contribution >= 4 is 28.1 Å². The normalized spacial score (nSPS) is 10.8. The number of halogens is 1. The van der Waals surface area contributed by atoms with E-state index in [1.807, 2.05) is 32.0 Å². The van der Waals surface area contributed by atoms with Crippen LogP contribution in [0.4, 0.5) is 5.69 Å². The maximum Gasteiger partial charge on any atom is 0.279 e. The summed E-state index contributed by atoms with van der Waals surface area (Å²) < 4.78 is 27.4. The van der Waals surface area contributed by atoms with Crippen LogP contribution < -0.4 is 4.72 Å². The lowest BCUT2D eigenvalue weighted by Crippen LogP contribution is -2.16. The zero-order valence-electron chi connectivity index (χ0n) is 12.0. The topological polar surface area (TPSA) is 59.1 Å². The molecule has 0 saturated carbocycles. The highest BCUT2D eigenvalue weighted by Crippen LogP contribution is 2.25. The summed E-state index contributed by atoms with van der Waals surface area (Å²) in [7, 11) is -3.64. The molecule has 0 atom stereocenters. The average molecular weight is 327 g/mol. The number of hydrogen-bond acceptors (Lipinski definition) is 3. The van der Waals surface area contributed by atoms with Gasteiger partial charge in [-0.2, -0.15) is 8.42 Å². The number of hydrogen-bond donors (Lipinski definition) is 1. The zero-order valence-corrected chi connectivity index (χ0v) is 13.7. The molecule has 6 heteroatoms. The molecule has 0 amide bonds. The quantitative estimate of drug-likeness (QED) is 0.915. The SMILES string of the molecule is CCc1cccc(CC)c1NS(=O)(=O)c1ccccn1.Cl. The molecular formula is C15H19ClN2O2S. The van der Waals surface area contributed by atoms with Crippen LogP contribution in [0.15, 0.2) is 47.6 Å². The van der Waals surface area contributed by atoms with Gasteiger partial charge in [-0.15, -0.1) is 12.4 Å². The van der Waals surface area contributed by atoms with Crippen molar-refractivity contribution in [1.29, 1.82) is 0 Å². The number of aryl methyl sites for hydroxylation is 2. The Morgan fingerprint density at radius 3 is 2.10 bits per heavy atom. The fraction of sp³-hybridized carbons (Fsp3) is 0.267. The largest absolute Gasteiger partial charge is 0.279 e. The minimum absolute atomic E-state index is 0. The molecule has 0 aliphatic heterocycles. The summed E-state index contributed by atoms with van der Waals surface area (Å²) in [5.41, 5.74) is 2.66. The molecule has 2 aromatic rings. The molecule has 2 rings (SSSR count). The molecule has 4 nitrogen and oxygen atoms in total. The fourth-order valence-corrected chi connectivity index (χ4v) is 3.16. The smallest absolute Gasteiger partial charge is 0.278 e. The van der Waals surface area contributed by atoms with E-state index in [9.17, 15) is 8.42 Å². The number of benzene rings is 1. The molecule has 0 fully saturated rings. The molecule has 0 aliphatic rings. The van der Waals surface area contributed by atoms with E-state index in [0.29, 0.717) is 5.69 Å². The molecule has 0 unspecified atom stereocenters. The lowest BCUT2D eigenvalue weighted by Gasteiger charge is -2.15. The lowest BCUT2D eigenvalue weighted by molar-refractivity contribution is 0.597. The maximum atomic E-state index is 12.4. The molecule has 21 heavy (non-hydrogen) atoms. The third kappa shape index (κ3) is 3.95. The van der Waals surface area contributed by atoms with Gasteiger partial charge in [-0.3, -0.25) is 4.72 Å². The first-order chi connectivity index (χ1) is 9.58. The van der Waals surface area contributed by atoms with Crippen LogP contribution in [0, 0.1) is 0 Å². The number of nitrogens with one attached hydrogen (secondary N) is 1. The maximum absolute atomic E-state index is 12.4. The summed E-state index contributed by atoms with van der Waals surface area (Å²) in [6, 6.07) is 10.7. The number of rotatable bonds is 5. The van der Waals surface area contributed by atoms with Crippen molar-refractivity contribution in [3.8, 4) is 0 Å². The van der Waals surface area contributed by atoms with Crippen molar-refractivity contribution < 1.29 is 8.42 Å². The molecule has 1 N–H and O–H groups in total. The third-order valence-corrected chi connectivity index (χ3v) is 4.41. The minimum Gasteiger partial charge on any atom is -0.278 e. The molecule has 0 aliphatic carbocycles. The first kappa shape index (κ1) is 17.5. The van der Waals surface area contributed by atoms with Gasteiger partial charge in [0.05, 0.1) is 5.69 Å². The number of sulfonamides is 1. The van der Waals surface area contributed by atoms with E-state index in [1.54, 1.807) is 12.1 Å². The molecular weight excluding hydrogens is 308 g/mol. The monoisotopic (exact) mass is 326 g/mol. The molecule has 1 heterocycles. The van der Waals surface area contributed by atoms with E-state index in [1.165, 1.54) is 12.3 Å². The van der Waals surface area contributed by atoms with E-state index in [4.69, 9.17) is 0 Å². The Labute approximate surface area is 132 Å². The Kier molecular flexibility index (Phi) is 6.18. The molecule has 114 valence electrons. The first-order valence-electron chi connectivity index (χ1n) is 6.63. The third-order valence-electron chi connectivity index (χ3n) is 3.15. The van der Waals surface area contributed by atoms with Gasteiger partial charge >= 0.3 is 0 Å². The summed E-state index contributed by atoms with van der Waals surface area (Å²) in [6.07, 6.45) is 3.02. The van der Waals surface area contributed by atoms with Crippen LogP contribution in [0.5, 0.6) is 0 Å². The fourth-order valence-electron chi connectivity index (χ4n) is 2.07. The van der Waals surface area contributed by atoms with Gasteiger partial charge in [0.25, 0.3) is 10.0 Å². The van der Waals surface area contributed by atoms with E-state index in [-0.39, 0.29) is 17.4 Å². The van der Waals surface area contributed by atoms with Crippen LogP contribution in [-0.2, 0) is 22.9 Å². The summed E-state index contributed by atoms with van der Waals surface area (Å²) in [5.74, 6) is 0. The van der Waals surface area contributed by atoms with Crippen LogP contribution >= 0.6 is 12.4 Å². The zero-order chi connectivity index (χ0) is 14.6.